The van der Waals surface area contributed by atoms with Gasteiger partial charge in [0.2, 0.25) is 0 Å². The highest BCUT2D eigenvalue weighted by atomic mass is 35.5. The zero-order valence-electron chi connectivity index (χ0n) is 6.55. The highest BCUT2D eigenvalue weighted by molar-refractivity contribution is 6.36. The summed E-state index contributed by atoms with van der Waals surface area (Å²) in [6.45, 7) is 0. The predicted octanol–water partition coefficient (Wildman–Crippen LogP) is 2.87. The summed E-state index contributed by atoms with van der Waals surface area (Å²) in [5.74, 6) is 0. The van der Waals surface area contributed by atoms with Crippen LogP contribution >= 0.6 is 23.2 Å². The minimum atomic E-state index is 0.133. The number of carbonyl (C=O) groups excluding carboxylic acids is 1. The summed E-state index contributed by atoms with van der Waals surface area (Å²) in [7, 11) is 0. The highest BCUT2D eigenvalue weighted by Gasteiger charge is 2.07. The van der Waals surface area contributed by atoms with Gasteiger partial charge in [-0.3, -0.25) is 4.79 Å². The molecule has 1 rings (SSSR count). The number of halogens is 2. The lowest BCUT2D eigenvalue weighted by Crippen LogP contribution is -1.92. The molecule has 0 spiro atoms. The number of hydrogen-bond donors (Lipinski definition) is 0. The Morgan fingerprint density at radius 3 is 2.69 bits per heavy atom. The molecule has 66 valence electrons. The SMILES string of the molecule is N#CCc1cc(Cl)cc(Cl)c1C=O. The number of nitriles is 1. The molecular weight excluding hydrogens is 209 g/mol. The lowest BCUT2D eigenvalue weighted by Gasteiger charge is -2.02. The van der Waals surface area contributed by atoms with Gasteiger partial charge in [-0.05, 0) is 17.7 Å². The van der Waals surface area contributed by atoms with Crippen LogP contribution in [0.2, 0.25) is 10.0 Å². The van der Waals surface area contributed by atoms with E-state index < -0.39 is 0 Å². The maximum absolute atomic E-state index is 10.6. The van der Waals surface area contributed by atoms with Crippen LogP contribution in [0.3, 0.4) is 0 Å². The molecule has 0 radical (unpaired) electrons. The first kappa shape index (κ1) is 10.0. The van der Waals surface area contributed by atoms with Crippen LogP contribution in [0.4, 0.5) is 0 Å². The van der Waals surface area contributed by atoms with E-state index in [-0.39, 0.29) is 11.4 Å². The van der Waals surface area contributed by atoms with Gasteiger partial charge >= 0.3 is 0 Å². The van der Waals surface area contributed by atoms with Gasteiger partial charge in [0.25, 0.3) is 0 Å². The van der Waals surface area contributed by atoms with E-state index in [1.54, 1.807) is 6.07 Å². The summed E-state index contributed by atoms with van der Waals surface area (Å²) in [5, 5.41) is 9.19. The molecule has 1 aromatic carbocycles. The second kappa shape index (κ2) is 4.27. The number of carbonyl (C=O) groups is 1. The average molecular weight is 214 g/mol. The van der Waals surface area contributed by atoms with Crippen LogP contribution in [-0.2, 0) is 6.42 Å². The van der Waals surface area contributed by atoms with E-state index in [4.69, 9.17) is 28.5 Å². The standard InChI is InChI=1S/C9H5Cl2NO/c10-7-3-6(1-2-12)8(5-13)9(11)4-7/h3-5H,1H2. The third-order valence-electron chi connectivity index (χ3n) is 1.57. The molecule has 0 aliphatic carbocycles. The zero-order chi connectivity index (χ0) is 9.84. The minimum Gasteiger partial charge on any atom is -0.298 e. The third kappa shape index (κ3) is 2.21. The van der Waals surface area contributed by atoms with Gasteiger partial charge in [-0.15, -0.1) is 0 Å². The topological polar surface area (TPSA) is 40.9 Å². The first-order valence-corrected chi connectivity index (χ1v) is 4.24. The Hall–Kier alpha value is -1.04. The second-order valence-electron chi connectivity index (χ2n) is 2.41. The van der Waals surface area contributed by atoms with Gasteiger partial charge in [-0.25, -0.2) is 0 Å². The molecule has 0 fully saturated rings. The van der Waals surface area contributed by atoms with Gasteiger partial charge in [-0.2, -0.15) is 5.26 Å². The molecule has 1 aromatic rings. The number of benzene rings is 1. The van der Waals surface area contributed by atoms with Crippen LogP contribution in [-0.4, -0.2) is 6.29 Å². The summed E-state index contributed by atoms with van der Waals surface area (Å²) in [5.41, 5.74) is 0.905. The van der Waals surface area contributed by atoms with E-state index in [1.165, 1.54) is 6.07 Å². The van der Waals surface area contributed by atoms with E-state index in [0.717, 1.165) is 0 Å². The first-order chi connectivity index (χ1) is 6.19. The number of aldehydes is 1. The Bertz CT molecular complexity index is 382. The van der Waals surface area contributed by atoms with Crippen molar-refractivity contribution in [3.63, 3.8) is 0 Å². The Labute approximate surface area is 85.7 Å². The minimum absolute atomic E-state index is 0.133. The molecule has 4 heteroatoms. The van der Waals surface area contributed by atoms with Crippen molar-refractivity contribution in [2.45, 2.75) is 6.42 Å². The van der Waals surface area contributed by atoms with E-state index in [0.29, 0.717) is 22.4 Å². The molecular formula is C9H5Cl2NO. The summed E-state index contributed by atoms with van der Waals surface area (Å²) >= 11 is 11.5. The fraction of sp³-hybridized carbons (Fsp3) is 0.111. The average Bonchev–Trinajstić information content (AvgIpc) is 2.04. The normalized spacial score (nSPS) is 9.31. The third-order valence-corrected chi connectivity index (χ3v) is 2.10. The fourth-order valence-corrected chi connectivity index (χ4v) is 1.58. The van der Waals surface area contributed by atoms with Crippen molar-refractivity contribution in [3.8, 4) is 6.07 Å². The van der Waals surface area contributed by atoms with Crippen molar-refractivity contribution in [2.24, 2.45) is 0 Å². The van der Waals surface area contributed by atoms with Crippen LogP contribution in [0.1, 0.15) is 15.9 Å². The van der Waals surface area contributed by atoms with E-state index >= 15 is 0 Å². The van der Waals surface area contributed by atoms with Crippen LogP contribution < -0.4 is 0 Å². The second-order valence-corrected chi connectivity index (χ2v) is 3.26. The van der Waals surface area contributed by atoms with E-state index in [1.807, 2.05) is 6.07 Å². The smallest absolute Gasteiger partial charge is 0.151 e. The lowest BCUT2D eigenvalue weighted by atomic mass is 10.1. The van der Waals surface area contributed by atoms with Gasteiger partial charge in [-0.1, -0.05) is 23.2 Å². The Balaban J connectivity index is 3.30. The van der Waals surface area contributed by atoms with Crippen LogP contribution in [0.5, 0.6) is 0 Å². The number of rotatable bonds is 2. The number of hydrogen-bond acceptors (Lipinski definition) is 2. The Morgan fingerprint density at radius 1 is 1.46 bits per heavy atom. The maximum Gasteiger partial charge on any atom is 0.151 e. The van der Waals surface area contributed by atoms with Crippen molar-refractivity contribution in [1.82, 2.24) is 0 Å². The Morgan fingerprint density at radius 2 is 2.15 bits per heavy atom. The molecule has 13 heavy (non-hydrogen) atoms. The number of nitrogens with zero attached hydrogens (tertiary/aromatic N) is 1. The van der Waals surface area contributed by atoms with Gasteiger partial charge in [0, 0.05) is 10.6 Å². The Kier molecular flexibility index (Phi) is 3.30. The molecule has 0 unspecified atom stereocenters. The lowest BCUT2D eigenvalue weighted by molar-refractivity contribution is 0.112. The molecule has 0 heterocycles. The van der Waals surface area contributed by atoms with Crippen molar-refractivity contribution in [3.05, 3.63) is 33.3 Å². The van der Waals surface area contributed by atoms with Crippen LogP contribution in [0.15, 0.2) is 12.1 Å². The molecule has 0 bridgehead atoms. The fourth-order valence-electron chi connectivity index (χ4n) is 1.00. The molecule has 0 aliphatic heterocycles. The van der Waals surface area contributed by atoms with Crippen molar-refractivity contribution in [2.75, 3.05) is 0 Å². The van der Waals surface area contributed by atoms with Gasteiger partial charge in [0.1, 0.15) is 0 Å². The molecule has 0 N–H and O–H groups in total. The van der Waals surface area contributed by atoms with Crippen molar-refractivity contribution < 1.29 is 4.79 Å². The summed E-state index contributed by atoms with van der Waals surface area (Å²) in [6, 6.07) is 4.99. The molecule has 0 saturated heterocycles. The molecule has 0 amide bonds. The van der Waals surface area contributed by atoms with Crippen molar-refractivity contribution in [1.29, 1.82) is 5.26 Å². The van der Waals surface area contributed by atoms with E-state index in [9.17, 15) is 4.79 Å². The van der Waals surface area contributed by atoms with Gasteiger partial charge < -0.3 is 0 Å². The first-order valence-electron chi connectivity index (χ1n) is 3.49. The maximum atomic E-state index is 10.6. The quantitative estimate of drug-likeness (QED) is 0.710. The summed E-state index contributed by atoms with van der Waals surface area (Å²) in [4.78, 5) is 10.6. The zero-order valence-corrected chi connectivity index (χ0v) is 8.06. The van der Waals surface area contributed by atoms with E-state index in [2.05, 4.69) is 0 Å². The summed E-state index contributed by atoms with van der Waals surface area (Å²) < 4.78 is 0. The monoisotopic (exact) mass is 213 g/mol. The molecule has 0 atom stereocenters. The largest absolute Gasteiger partial charge is 0.298 e. The van der Waals surface area contributed by atoms with Gasteiger partial charge in [0.05, 0.1) is 17.5 Å². The molecule has 0 saturated carbocycles. The van der Waals surface area contributed by atoms with Crippen molar-refractivity contribution >= 4 is 29.5 Å². The molecule has 0 aromatic heterocycles. The van der Waals surface area contributed by atoms with Gasteiger partial charge in [0.15, 0.2) is 6.29 Å². The molecule has 0 aliphatic rings. The highest BCUT2D eigenvalue weighted by Crippen LogP contribution is 2.24. The van der Waals surface area contributed by atoms with Crippen LogP contribution in [0, 0.1) is 11.3 Å². The molecule has 2 nitrogen and oxygen atoms in total. The summed E-state index contributed by atoms with van der Waals surface area (Å²) in [6.07, 6.45) is 0.764. The van der Waals surface area contributed by atoms with Crippen LogP contribution in [0.25, 0.3) is 0 Å². The predicted molar refractivity (Wildman–Crippen MR) is 51.2 cm³/mol.